The van der Waals surface area contributed by atoms with Crippen LogP contribution in [0.25, 0.3) is 0 Å². The highest BCUT2D eigenvalue weighted by molar-refractivity contribution is 6.91. The molecule has 4 atom stereocenters. The largest absolute Gasteiger partial charge is 0.497 e. The maximum Gasteiger partial charge on any atom is 0.305 e. The Kier molecular flexibility index (Phi) is 11.4. The normalized spacial score (nSPS) is 20.7. The van der Waals surface area contributed by atoms with E-state index in [4.69, 9.17) is 18.9 Å². The lowest BCUT2D eigenvalue weighted by molar-refractivity contribution is -0.146. The number of hydrogen-bond donors (Lipinski definition) is 1. The highest BCUT2D eigenvalue weighted by atomic mass is 28.3. The monoisotopic (exact) mass is 829 g/mol. The molecule has 1 aromatic heterocycles. The van der Waals surface area contributed by atoms with E-state index in [1.807, 2.05) is 77.8 Å². The van der Waals surface area contributed by atoms with Crippen molar-refractivity contribution in [3.8, 4) is 17.2 Å². The molecule has 13 nitrogen and oxygen atoms in total. The number of nitrogens with zero attached hydrogens (tertiary/aromatic N) is 5. The van der Waals surface area contributed by atoms with Crippen LogP contribution < -0.4 is 24.5 Å². The first kappa shape index (κ1) is 40.9. The number of carbonyl (C=O) groups excluding carboxylic acids is 3. The summed E-state index contributed by atoms with van der Waals surface area (Å²) in [6.07, 6.45) is 3.81. The van der Waals surface area contributed by atoms with Crippen LogP contribution in [0.1, 0.15) is 54.2 Å². The van der Waals surface area contributed by atoms with Gasteiger partial charge < -0.3 is 29.0 Å². The Labute approximate surface area is 350 Å². The first-order valence-electron chi connectivity index (χ1n) is 20.6. The number of aromatic nitrogens is 3. The molecule has 0 unspecified atom stereocenters. The van der Waals surface area contributed by atoms with E-state index in [0.29, 0.717) is 84.2 Å². The molecule has 4 heterocycles. The Balaban J connectivity index is 1.25. The third kappa shape index (κ3) is 7.15. The Hall–Kier alpha value is -5.83. The lowest BCUT2D eigenvalue weighted by Crippen LogP contribution is -2.52. The number of aliphatic hydroxyl groups is 1. The van der Waals surface area contributed by atoms with E-state index in [2.05, 4.69) is 42.5 Å². The van der Waals surface area contributed by atoms with Crippen molar-refractivity contribution < 1.29 is 38.4 Å². The van der Waals surface area contributed by atoms with Gasteiger partial charge in [0.2, 0.25) is 0 Å². The van der Waals surface area contributed by atoms with Crippen LogP contribution in [0.15, 0.2) is 97.2 Å². The SMILES string of the molecule is COC(=O)CCCCN1C(=O)[C@@]2(O[C@@H](CCn3cc(CCO)nn3)[C@H]([Si](C)(C)c3ccc(OC)cc3)[C@H]2C)c2cc(N3C(=O)c4ccccc4Oc4ccccc43)ccc21. The predicted molar refractivity (Wildman–Crippen MR) is 229 cm³/mol. The molecule has 2 amide bonds. The molecule has 1 N–H and O–H groups in total. The second-order valence-electron chi connectivity index (χ2n) is 16.3. The molecule has 0 bridgehead atoms. The van der Waals surface area contributed by atoms with Crippen LogP contribution in [-0.2, 0) is 37.6 Å². The summed E-state index contributed by atoms with van der Waals surface area (Å²) in [6.45, 7) is 7.66. The molecule has 5 aromatic rings. The number of aryl methyl sites for hydroxylation is 1. The number of hydrogen-bond acceptors (Lipinski definition) is 10. The lowest BCUT2D eigenvalue weighted by atomic mass is 9.82. The highest BCUT2D eigenvalue weighted by Gasteiger charge is 2.66. The number of rotatable bonds is 14. The fourth-order valence-electron chi connectivity index (χ4n) is 9.58. The molecule has 312 valence electrons. The van der Waals surface area contributed by atoms with Gasteiger partial charge in [0, 0.05) is 55.9 Å². The van der Waals surface area contributed by atoms with Gasteiger partial charge in [0.05, 0.1) is 51.0 Å². The van der Waals surface area contributed by atoms with Gasteiger partial charge in [-0.15, -0.1) is 5.10 Å². The first-order chi connectivity index (χ1) is 29.0. The van der Waals surface area contributed by atoms with Crippen LogP contribution in [0.5, 0.6) is 17.2 Å². The standard InChI is InChI=1S/C46H51N5O8Si/c1-30-43(60(4,5)34-20-18-33(56-2)19-21-34)41(23-26-49-29-31(24-27-52)47-48-49)59-46(30)36-28-32(17-22-37(36)50(45(46)55)25-11-10-16-42(53)57-3)51-38-13-7-9-15-40(38)58-39-14-8-6-12-35(39)44(51)54/h6-9,12-15,17-22,28-30,41,43,52H,10-11,16,23-27H2,1-5H3/t30-,41+,43-,46+/m1/s1. The fourth-order valence-corrected chi connectivity index (χ4v) is 13.6. The minimum Gasteiger partial charge on any atom is -0.497 e. The van der Waals surface area contributed by atoms with Gasteiger partial charge in [0.1, 0.15) is 11.5 Å². The molecule has 1 saturated heterocycles. The summed E-state index contributed by atoms with van der Waals surface area (Å²) in [5.74, 6) is 0.749. The van der Waals surface area contributed by atoms with E-state index >= 15 is 4.79 Å². The van der Waals surface area contributed by atoms with Crippen molar-refractivity contribution in [2.45, 2.75) is 75.9 Å². The Morgan fingerprint density at radius 1 is 0.917 bits per heavy atom. The van der Waals surface area contributed by atoms with Gasteiger partial charge in [-0.05, 0) is 79.4 Å². The van der Waals surface area contributed by atoms with Crippen molar-refractivity contribution >= 4 is 48.1 Å². The smallest absolute Gasteiger partial charge is 0.305 e. The summed E-state index contributed by atoms with van der Waals surface area (Å²) in [5.41, 5.74) is 2.25. The van der Waals surface area contributed by atoms with E-state index in [-0.39, 0.29) is 48.4 Å². The molecular weight excluding hydrogens is 779 g/mol. The molecule has 0 saturated carbocycles. The summed E-state index contributed by atoms with van der Waals surface area (Å²) >= 11 is 0. The van der Waals surface area contributed by atoms with Crippen LogP contribution in [-0.4, -0.2) is 79.4 Å². The molecule has 4 aromatic carbocycles. The summed E-state index contributed by atoms with van der Waals surface area (Å²) in [4.78, 5) is 45.6. The minimum absolute atomic E-state index is 0.0228. The Morgan fingerprint density at radius 3 is 2.42 bits per heavy atom. The van der Waals surface area contributed by atoms with Crippen LogP contribution >= 0.6 is 0 Å². The number of carbonyl (C=O) groups is 3. The van der Waals surface area contributed by atoms with Crippen molar-refractivity contribution in [3.05, 3.63) is 114 Å². The van der Waals surface area contributed by atoms with Gasteiger partial charge >= 0.3 is 5.97 Å². The molecule has 3 aliphatic rings. The van der Waals surface area contributed by atoms with E-state index in [9.17, 15) is 14.7 Å². The minimum atomic E-state index is -2.48. The predicted octanol–water partition coefficient (Wildman–Crippen LogP) is 6.90. The molecule has 8 rings (SSSR count). The van der Waals surface area contributed by atoms with Crippen molar-refractivity contribution in [2.24, 2.45) is 5.92 Å². The number of anilines is 3. The van der Waals surface area contributed by atoms with Crippen LogP contribution in [0.4, 0.5) is 17.1 Å². The van der Waals surface area contributed by atoms with Crippen LogP contribution in [0.3, 0.4) is 0 Å². The second-order valence-corrected chi connectivity index (χ2v) is 21.0. The van der Waals surface area contributed by atoms with Crippen LogP contribution in [0.2, 0.25) is 18.6 Å². The lowest BCUT2D eigenvalue weighted by Gasteiger charge is -2.37. The first-order valence-corrected chi connectivity index (χ1v) is 23.7. The van der Waals surface area contributed by atoms with Gasteiger partial charge in [-0.25, -0.2) is 0 Å². The number of ether oxygens (including phenoxy) is 4. The van der Waals surface area contributed by atoms with E-state index in [1.165, 1.54) is 12.3 Å². The topological polar surface area (TPSA) is 146 Å². The number of fused-ring (bicyclic) bond motifs is 4. The second kappa shape index (κ2) is 16.7. The molecule has 14 heteroatoms. The summed E-state index contributed by atoms with van der Waals surface area (Å²) in [6, 6.07) is 28.7. The van der Waals surface area contributed by atoms with Crippen molar-refractivity contribution in [1.29, 1.82) is 0 Å². The number of benzene rings is 4. The quantitative estimate of drug-likeness (QED) is 0.0713. The molecule has 1 fully saturated rings. The third-order valence-corrected chi connectivity index (χ3v) is 16.9. The zero-order valence-electron chi connectivity index (χ0n) is 34.7. The number of aliphatic hydroxyl groups excluding tert-OH is 1. The molecule has 0 aliphatic carbocycles. The van der Waals surface area contributed by atoms with Gasteiger partial charge in [0.15, 0.2) is 11.4 Å². The molecule has 0 radical (unpaired) electrons. The zero-order valence-corrected chi connectivity index (χ0v) is 35.7. The average Bonchev–Trinajstić information content (AvgIpc) is 3.88. The Morgan fingerprint density at radius 2 is 1.67 bits per heavy atom. The van der Waals surface area contributed by atoms with Gasteiger partial charge in [-0.3, -0.25) is 24.0 Å². The molecule has 1 spiro atoms. The van der Waals surface area contributed by atoms with E-state index < -0.39 is 13.7 Å². The maximum atomic E-state index is 15.5. The summed E-state index contributed by atoms with van der Waals surface area (Å²) in [7, 11) is 0.551. The van der Waals surface area contributed by atoms with Gasteiger partial charge in [-0.2, -0.15) is 0 Å². The fraction of sp³-hybridized carbons (Fsp3) is 0.370. The van der Waals surface area contributed by atoms with E-state index in [1.54, 1.807) is 28.8 Å². The average molecular weight is 830 g/mol. The number of para-hydroxylation sites is 3. The zero-order chi connectivity index (χ0) is 42.2. The van der Waals surface area contributed by atoms with Crippen molar-refractivity contribution in [3.63, 3.8) is 0 Å². The molecule has 3 aliphatic heterocycles. The Bertz CT molecular complexity index is 2400. The summed E-state index contributed by atoms with van der Waals surface area (Å²) in [5, 5.41) is 19.3. The summed E-state index contributed by atoms with van der Waals surface area (Å²) < 4.78 is 26.0. The number of amides is 2. The van der Waals surface area contributed by atoms with Crippen molar-refractivity contribution in [2.75, 3.05) is 37.2 Å². The molecule has 60 heavy (non-hydrogen) atoms. The van der Waals surface area contributed by atoms with E-state index in [0.717, 1.165) is 5.75 Å². The van der Waals surface area contributed by atoms with Crippen LogP contribution in [0, 0.1) is 5.92 Å². The van der Waals surface area contributed by atoms with Crippen molar-refractivity contribution in [1.82, 2.24) is 15.0 Å². The third-order valence-electron chi connectivity index (χ3n) is 12.6. The molecular formula is C46H51N5O8Si. The number of unbranched alkanes of at least 4 members (excludes halogenated alkanes) is 1. The maximum absolute atomic E-state index is 15.5. The number of esters is 1. The highest BCUT2D eigenvalue weighted by Crippen LogP contribution is 2.61. The number of methoxy groups -OCH3 is 2. The van der Waals surface area contributed by atoms with Gasteiger partial charge in [0.25, 0.3) is 11.8 Å². The van der Waals surface area contributed by atoms with Gasteiger partial charge in [-0.1, -0.05) is 66.8 Å².